The number of hydrogen-bond acceptors (Lipinski definition) is 5. The van der Waals surface area contributed by atoms with Gasteiger partial charge in [0.2, 0.25) is 0 Å². The molecule has 2 rings (SSSR count). The van der Waals surface area contributed by atoms with Crippen LogP contribution in [0.4, 0.5) is 10.5 Å². The fourth-order valence-electron chi connectivity index (χ4n) is 2.06. The van der Waals surface area contributed by atoms with Gasteiger partial charge in [0.1, 0.15) is 5.69 Å². The van der Waals surface area contributed by atoms with Crippen molar-refractivity contribution in [3.05, 3.63) is 29.6 Å². The van der Waals surface area contributed by atoms with Crippen LogP contribution in [0, 0.1) is 5.92 Å². The highest BCUT2D eigenvalue weighted by Crippen LogP contribution is 2.20. The third-order valence-electron chi connectivity index (χ3n) is 3.36. The standard InChI is InChI=1S/C15H20N4O2S/c1-10(2)13(7-8-20)17-15(21)16-12-5-3-11(4-6-12)14-9-22-19-18-14/h3-6,9-10,13,20H,7-8H2,1-2H3,(H2,16,17,21)/t13-/m1/s1. The third kappa shape index (κ3) is 4.51. The molecular formula is C15H20N4O2S. The Morgan fingerprint density at radius 1 is 1.32 bits per heavy atom. The molecule has 0 spiro atoms. The Morgan fingerprint density at radius 2 is 2.05 bits per heavy atom. The lowest BCUT2D eigenvalue weighted by Crippen LogP contribution is -2.41. The van der Waals surface area contributed by atoms with E-state index in [1.807, 2.05) is 43.5 Å². The van der Waals surface area contributed by atoms with E-state index in [-0.39, 0.29) is 24.6 Å². The number of nitrogens with zero attached hydrogens (tertiary/aromatic N) is 2. The number of amides is 2. The molecule has 2 amide bonds. The zero-order chi connectivity index (χ0) is 15.9. The number of anilines is 1. The van der Waals surface area contributed by atoms with Gasteiger partial charge in [0, 0.05) is 29.3 Å². The zero-order valence-corrected chi connectivity index (χ0v) is 13.4. The highest BCUT2D eigenvalue weighted by molar-refractivity contribution is 7.03. The second-order valence-corrected chi connectivity index (χ2v) is 5.94. The normalized spacial score (nSPS) is 12.2. The molecule has 0 aliphatic rings. The molecular weight excluding hydrogens is 300 g/mol. The quantitative estimate of drug-likeness (QED) is 0.764. The molecule has 0 bridgehead atoms. The molecule has 1 aromatic heterocycles. The minimum atomic E-state index is -0.268. The predicted octanol–water partition coefficient (Wildman–Crippen LogP) is 2.73. The molecule has 3 N–H and O–H groups in total. The Morgan fingerprint density at radius 3 is 2.59 bits per heavy atom. The van der Waals surface area contributed by atoms with E-state index in [9.17, 15) is 4.79 Å². The van der Waals surface area contributed by atoms with Crippen molar-refractivity contribution in [1.82, 2.24) is 14.9 Å². The van der Waals surface area contributed by atoms with Gasteiger partial charge in [-0.3, -0.25) is 0 Å². The van der Waals surface area contributed by atoms with Gasteiger partial charge in [0.25, 0.3) is 0 Å². The first kappa shape index (κ1) is 16.4. The van der Waals surface area contributed by atoms with Gasteiger partial charge in [-0.1, -0.05) is 30.5 Å². The SMILES string of the molecule is CC(C)[C@@H](CCO)NC(=O)Nc1ccc(-c2csnn2)cc1. The maximum Gasteiger partial charge on any atom is 0.319 e. The molecule has 2 aromatic rings. The average Bonchev–Trinajstić information content (AvgIpc) is 3.01. The van der Waals surface area contributed by atoms with Crippen LogP contribution >= 0.6 is 11.5 Å². The molecule has 1 heterocycles. The van der Waals surface area contributed by atoms with E-state index in [4.69, 9.17) is 5.11 Å². The number of aromatic nitrogens is 2. The minimum Gasteiger partial charge on any atom is -0.396 e. The topological polar surface area (TPSA) is 87.1 Å². The molecule has 1 atom stereocenters. The van der Waals surface area contributed by atoms with Crippen LogP contribution in [0.25, 0.3) is 11.3 Å². The Bertz CT molecular complexity index is 584. The van der Waals surface area contributed by atoms with E-state index in [1.165, 1.54) is 11.5 Å². The molecule has 22 heavy (non-hydrogen) atoms. The summed E-state index contributed by atoms with van der Waals surface area (Å²) in [6.07, 6.45) is 0.543. The van der Waals surface area contributed by atoms with Gasteiger partial charge in [-0.25, -0.2) is 4.79 Å². The molecule has 118 valence electrons. The Kier molecular flexibility index (Phi) is 5.85. The summed E-state index contributed by atoms with van der Waals surface area (Å²) in [5.74, 6) is 0.262. The fraction of sp³-hybridized carbons (Fsp3) is 0.400. The molecule has 0 saturated carbocycles. The van der Waals surface area contributed by atoms with Gasteiger partial charge >= 0.3 is 6.03 Å². The first-order valence-corrected chi connectivity index (χ1v) is 7.99. The van der Waals surface area contributed by atoms with Crippen LogP contribution in [-0.2, 0) is 0 Å². The van der Waals surface area contributed by atoms with Gasteiger partial charge in [-0.15, -0.1) is 5.10 Å². The van der Waals surface area contributed by atoms with Crippen LogP contribution in [0.1, 0.15) is 20.3 Å². The molecule has 7 heteroatoms. The Labute approximate surface area is 133 Å². The van der Waals surface area contributed by atoms with Gasteiger partial charge < -0.3 is 15.7 Å². The number of rotatable bonds is 6. The summed E-state index contributed by atoms with van der Waals surface area (Å²) in [4.78, 5) is 12.0. The summed E-state index contributed by atoms with van der Waals surface area (Å²) in [5.41, 5.74) is 2.49. The number of benzene rings is 1. The lowest BCUT2D eigenvalue weighted by Gasteiger charge is -2.21. The fourth-order valence-corrected chi connectivity index (χ4v) is 2.53. The summed E-state index contributed by atoms with van der Waals surface area (Å²) >= 11 is 1.30. The molecule has 6 nitrogen and oxygen atoms in total. The molecule has 1 aromatic carbocycles. The van der Waals surface area contributed by atoms with Crippen molar-refractivity contribution >= 4 is 23.3 Å². The predicted molar refractivity (Wildman–Crippen MR) is 87.8 cm³/mol. The lowest BCUT2D eigenvalue weighted by atomic mass is 10.0. The van der Waals surface area contributed by atoms with E-state index in [0.717, 1.165) is 11.3 Å². The highest BCUT2D eigenvalue weighted by atomic mass is 32.1. The number of aliphatic hydroxyl groups excluding tert-OH is 1. The van der Waals surface area contributed by atoms with Crippen molar-refractivity contribution in [2.45, 2.75) is 26.3 Å². The van der Waals surface area contributed by atoms with E-state index in [2.05, 4.69) is 20.2 Å². The van der Waals surface area contributed by atoms with Crippen molar-refractivity contribution in [2.24, 2.45) is 5.92 Å². The van der Waals surface area contributed by atoms with Gasteiger partial charge in [0.15, 0.2) is 0 Å². The molecule has 0 fully saturated rings. The number of hydrogen-bond donors (Lipinski definition) is 3. The largest absolute Gasteiger partial charge is 0.396 e. The van der Waals surface area contributed by atoms with Crippen molar-refractivity contribution in [3.8, 4) is 11.3 Å². The Balaban J connectivity index is 1.94. The summed E-state index contributed by atoms with van der Waals surface area (Å²) in [5, 5.41) is 20.6. The van der Waals surface area contributed by atoms with Crippen LogP contribution in [0.3, 0.4) is 0 Å². The monoisotopic (exact) mass is 320 g/mol. The number of urea groups is 1. The number of aliphatic hydroxyl groups is 1. The molecule has 0 aliphatic heterocycles. The van der Waals surface area contributed by atoms with Crippen molar-refractivity contribution < 1.29 is 9.90 Å². The van der Waals surface area contributed by atoms with Crippen LogP contribution < -0.4 is 10.6 Å². The number of carbonyl (C=O) groups is 1. The van der Waals surface area contributed by atoms with Crippen molar-refractivity contribution in [2.75, 3.05) is 11.9 Å². The number of nitrogens with one attached hydrogen (secondary N) is 2. The van der Waals surface area contributed by atoms with E-state index in [0.29, 0.717) is 12.1 Å². The summed E-state index contributed by atoms with van der Waals surface area (Å²) in [7, 11) is 0. The molecule has 0 aliphatic carbocycles. The van der Waals surface area contributed by atoms with E-state index in [1.54, 1.807) is 0 Å². The second kappa shape index (κ2) is 7.86. The molecule has 0 unspecified atom stereocenters. The van der Waals surface area contributed by atoms with Gasteiger partial charge in [0.05, 0.1) is 0 Å². The van der Waals surface area contributed by atoms with E-state index >= 15 is 0 Å². The minimum absolute atomic E-state index is 0.0506. The van der Waals surface area contributed by atoms with Crippen LogP contribution in [-0.4, -0.2) is 33.4 Å². The zero-order valence-electron chi connectivity index (χ0n) is 12.6. The maximum absolute atomic E-state index is 12.0. The smallest absolute Gasteiger partial charge is 0.319 e. The van der Waals surface area contributed by atoms with Crippen molar-refractivity contribution in [1.29, 1.82) is 0 Å². The molecule has 0 saturated heterocycles. The van der Waals surface area contributed by atoms with Crippen molar-refractivity contribution in [3.63, 3.8) is 0 Å². The average molecular weight is 320 g/mol. The number of carbonyl (C=O) groups excluding carboxylic acids is 1. The Hall–Kier alpha value is -1.99. The van der Waals surface area contributed by atoms with Gasteiger partial charge in [-0.2, -0.15) is 0 Å². The first-order chi connectivity index (χ1) is 10.6. The van der Waals surface area contributed by atoms with Crippen LogP contribution in [0.2, 0.25) is 0 Å². The third-order valence-corrected chi connectivity index (χ3v) is 3.86. The van der Waals surface area contributed by atoms with Gasteiger partial charge in [-0.05, 0) is 36.0 Å². The molecule has 0 radical (unpaired) electrons. The van der Waals surface area contributed by atoms with Crippen LogP contribution in [0.15, 0.2) is 29.6 Å². The second-order valence-electron chi connectivity index (χ2n) is 5.33. The summed E-state index contributed by atoms with van der Waals surface area (Å²) in [6, 6.07) is 7.11. The van der Waals surface area contributed by atoms with E-state index < -0.39 is 0 Å². The summed E-state index contributed by atoms with van der Waals surface area (Å²) < 4.78 is 3.83. The maximum atomic E-state index is 12.0. The van der Waals surface area contributed by atoms with Crippen LogP contribution in [0.5, 0.6) is 0 Å². The highest BCUT2D eigenvalue weighted by Gasteiger charge is 2.15. The summed E-state index contributed by atoms with van der Waals surface area (Å²) in [6.45, 7) is 4.08. The lowest BCUT2D eigenvalue weighted by molar-refractivity contribution is 0.227. The first-order valence-electron chi connectivity index (χ1n) is 7.16.